The minimum absolute atomic E-state index is 0.906. The van der Waals surface area contributed by atoms with E-state index in [0.29, 0.717) is 0 Å². The Morgan fingerprint density at radius 2 is 0.843 bits per heavy atom. The van der Waals surface area contributed by atoms with Gasteiger partial charge in [0, 0.05) is 21.9 Å². The minimum atomic E-state index is 0.906. The number of furan rings is 1. The molecule has 9 aromatic carbocycles. The number of para-hydroxylation sites is 1. The summed E-state index contributed by atoms with van der Waals surface area (Å²) in [5.41, 5.74) is 10.6. The van der Waals surface area contributed by atoms with Crippen LogP contribution in [0.5, 0.6) is 0 Å². The van der Waals surface area contributed by atoms with Gasteiger partial charge in [-0.1, -0.05) is 171 Å². The molecule has 1 aromatic heterocycles. The Morgan fingerprint density at radius 3 is 1.43 bits per heavy atom. The first-order valence-electron chi connectivity index (χ1n) is 18.2. The van der Waals surface area contributed by atoms with Gasteiger partial charge in [-0.2, -0.15) is 0 Å². The Morgan fingerprint density at radius 1 is 0.392 bits per heavy atom. The van der Waals surface area contributed by atoms with Crippen LogP contribution < -0.4 is 0 Å². The van der Waals surface area contributed by atoms with Crippen molar-refractivity contribution in [3.05, 3.63) is 169 Å². The van der Waals surface area contributed by atoms with Crippen molar-refractivity contribution < 1.29 is 4.42 Å². The second-order valence-electron chi connectivity index (χ2n) is 13.7. The van der Waals surface area contributed by atoms with E-state index in [4.69, 9.17) is 4.42 Å². The maximum Gasteiger partial charge on any atom is 0.143 e. The van der Waals surface area contributed by atoms with E-state index < -0.39 is 0 Å². The third kappa shape index (κ3) is 4.55. The van der Waals surface area contributed by atoms with Crippen LogP contribution in [0.3, 0.4) is 0 Å². The smallest absolute Gasteiger partial charge is 0.143 e. The molecular weight excluding hydrogens is 617 g/mol. The first-order valence-corrected chi connectivity index (χ1v) is 18.2. The largest absolute Gasteiger partial charge is 0.455 e. The average molecular weight is 653 g/mol. The van der Waals surface area contributed by atoms with E-state index in [0.717, 1.165) is 33.9 Å². The van der Waals surface area contributed by atoms with Crippen molar-refractivity contribution in [2.75, 3.05) is 0 Å². The zero-order valence-electron chi connectivity index (χ0n) is 28.6. The predicted octanol–water partition coefficient (Wildman–Crippen LogP) is 14.5. The molecule has 10 aromatic rings. The van der Waals surface area contributed by atoms with Crippen molar-refractivity contribution in [1.82, 2.24) is 0 Å². The lowest BCUT2D eigenvalue weighted by molar-refractivity contribution is 0.670. The van der Waals surface area contributed by atoms with Crippen molar-refractivity contribution >= 4 is 65.0 Å². The third-order valence-electron chi connectivity index (χ3n) is 10.9. The number of aryl methyl sites for hydroxylation is 1. The van der Waals surface area contributed by atoms with Gasteiger partial charge in [-0.15, -0.1) is 0 Å². The molecule has 0 N–H and O–H groups in total. The van der Waals surface area contributed by atoms with Crippen LogP contribution in [0.1, 0.15) is 25.3 Å². The molecule has 0 spiro atoms. The van der Waals surface area contributed by atoms with Crippen LogP contribution >= 0.6 is 0 Å². The SMILES string of the molecule is CCCCc1c2ccccc2c(-c2cccc3c2oc2cccc(-c4c5ccccc5c(-c5ccccc5)c5ccccc45)c23)c2ccccc12. The molecule has 0 fully saturated rings. The number of benzene rings is 9. The Kier molecular flexibility index (Phi) is 6.99. The van der Waals surface area contributed by atoms with Crippen LogP contribution in [-0.2, 0) is 6.42 Å². The quantitative estimate of drug-likeness (QED) is 0.163. The van der Waals surface area contributed by atoms with Gasteiger partial charge in [0.1, 0.15) is 11.2 Å². The normalized spacial score (nSPS) is 11.9. The zero-order valence-corrected chi connectivity index (χ0v) is 28.6. The summed E-state index contributed by atoms with van der Waals surface area (Å²) in [4.78, 5) is 0. The van der Waals surface area contributed by atoms with Gasteiger partial charge in [-0.25, -0.2) is 0 Å². The molecule has 10 rings (SSSR count). The lowest BCUT2D eigenvalue weighted by Gasteiger charge is -2.18. The summed E-state index contributed by atoms with van der Waals surface area (Å²) < 4.78 is 7.01. The molecule has 1 nitrogen and oxygen atoms in total. The number of fused-ring (bicyclic) bond motifs is 7. The lowest BCUT2D eigenvalue weighted by atomic mass is 9.84. The highest BCUT2D eigenvalue weighted by molar-refractivity contribution is 6.27. The topological polar surface area (TPSA) is 13.1 Å². The highest BCUT2D eigenvalue weighted by atomic mass is 16.3. The molecule has 0 unspecified atom stereocenters. The summed E-state index contributed by atoms with van der Waals surface area (Å²) in [5, 5.41) is 12.5. The molecule has 51 heavy (non-hydrogen) atoms. The van der Waals surface area contributed by atoms with Gasteiger partial charge in [0.15, 0.2) is 0 Å². The molecule has 0 saturated carbocycles. The number of hydrogen-bond acceptors (Lipinski definition) is 1. The summed E-state index contributed by atoms with van der Waals surface area (Å²) in [6.07, 6.45) is 3.41. The molecule has 1 heteroatoms. The second kappa shape index (κ2) is 12.0. The zero-order chi connectivity index (χ0) is 33.9. The van der Waals surface area contributed by atoms with E-state index in [9.17, 15) is 0 Å². The summed E-state index contributed by atoms with van der Waals surface area (Å²) in [7, 11) is 0. The molecule has 1 heterocycles. The van der Waals surface area contributed by atoms with Crippen molar-refractivity contribution in [3.63, 3.8) is 0 Å². The van der Waals surface area contributed by atoms with Crippen LogP contribution in [0.25, 0.3) is 98.4 Å². The maximum absolute atomic E-state index is 7.01. The van der Waals surface area contributed by atoms with Crippen LogP contribution in [0.15, 0.2) is 168 Å². The Hall–Kier alpha value is -6.18. The van der Waals surface area contributed by atoms with Crippen LogP contribution in [0.4, 0.5) is 0 Å². The molecule has 0 aliphatic carbocycles. The minimum Gasteiger partial charge on any atom is -0.455 e. The molecule has 0 radical (unpaired) electrons. The Bertz CT molecular complexity index is 2830. The highest BCUT2D eigenvalue weighted by Crippen LogP contribution is 2.49. The average Bonchev–Trinajstić information content (AvgIpc) is 3.59. The van der Waals surface area contributed by atoms with Gasteiger partial charge in [0.25, 0.3) is 0 Å². The van der Waals surface area contributed by atoms with E-state index in [1.54, 1.807) is 0 Å². The monoisotopic (exact) mass is 652 g/mol. The third-order valence-corrected chi connectivity index (χ3v) is 10.9. The highest BCUT2D eigenvalue weighted by Gasteiger charge is 2.23. The van der Waals surface area contributed by atoms with Crippen LogP contribution in [0.2, 0.25) is 0 Å². The van der Waals surface area contributed by atoms with Gasteiger partial charge in [0.05, 0.1) is 0 Å². The fraction of sp³-hybridized carbons (Fsp3) is 0.0800. The molecule has 0 saturated heterocycles. The molecule has 0 bridgehead atoms. The fourth-order valence-corrected chi connectivity index (χ4v) is 8.72. The van der Waals surface area contributed by atoms with E-state index in [2.05, 4.69) is 171 Å². The van der Waals surface area contributed by atoms with E-state index >= 15 is 0 Å². The Labute approximate surface area is 297 Å². The molecule has 0 aliphatic rings. The number of unbranched alkanes of at least 4 members (excludes halogenated alkanes) is 1. The standard InChI is InChI=1S/C50H36O/c1-2-3-19-33-34-20-7-9-22-36(34)48(37-23-10-8-21-35(33)37)43-29-15-30-44-49-42(28-16-31-45(49)51-50(43)44)47-40-26-13-11-24-38(40)46(32-17-5-4-6-18-32)39-25-12-14-27-41(39)47/h4-18,20-31H,2-3,19H2,1H3. The van der Waals surface area contributed by atoms with Crippen molar-refractivity contribution in [2.45, 2.75) is 26.2 Å². The first-order chi connectivity index (χ1) is 25.3. The lowest BCUT2D eigenvalue weighted by Crippen LogP contribution is -1.94. The van der Waals surface area contributed by atoms with Crippen LogP contribution in [0, 0.1) is 0 Å². The van der Waals surface area contributed by atoms with Crippen molar-refractivity contribution in [1.29, 1.82) is 0 Å². The molecular formula is C50H36O. The van der Waals surface area contributed by atoms with Crippen molar-refractivity contribution in [2.24, 2.45) is 0 Å². The van der Waals surface area contributed by atoms with Gasteiger partial charge in [-0.3, -0.25) is 0 Å². The summed E-state index contributed by atoms with van der Waals surface area (Å²) in [5.74, 6) is 0. The maximum atomic E-state index is 7.01. The molecule has 242 valence electrons. The summed E-state index contributed by atoms with van der Waals surface area (Å²) >= 11 is 0. The van der Waals surface area contributed by atoms with Crippen molar-refractivity contribution in [3.8, 4) is 33.4 Å². The van der Waals surface area contributed by atoms with E-state index in [1.165, 1.54) is 89.3 Å². The molecule has 0 atom stereocenters. The fourth-order valence-electron chi connectivity index (χ4n) is 8.72. The first kappa shape index (κ1) is 29.7. The van der Waals surface area contributed by atoms with Gasteiger partial charge < -0.3 is 4.42 Å². The van der Waals surface area contributed by atoms with E-state index in [-0.39, 0.29) is 0 Å². The van der Waals surface area contributed by atoms with Gasteiger partial charge >= 0.3 is 0 Å². The van der Waals surface area contributed by atoms with Crippen LogP contribution in [-0.4, -0.2) is 0 Å². The summed E-state index contributed by atoms with van der Waals surface area (Å²) in [6, 6.07) is 59.8. The van der Waals surface area contributed by atoms with E-state index in [1.807, 2.05) is 0 Å². The molecule has 0 amide bonds. The number of hydrogen-bond donors (Lipinski definition) is 0. The molecule has 0 aliphatic heterocycles. The summed E-state index contributed by atoms with van der Waals surface area (Å²) in [6.45, 7) is 2.28. The second-order valence-corrected chi connectivity index (χ2v) is 13.7. The number of rotatable bonds is 6. The van der Waals surface area contributed by atoms with Gasteiger partial charge in [-0.05, 0) is 89.8 Å². The van der Waals surface area contributed by atoms with Gasteiger partial charge in [0.2, 0.25) is 0 Å². The predicted molar refractivity (Wildman–Crippen MR) is 219 cm³/mol. The Balaban J connectivity index is 1.30.